The summed E-state index contributed by atoms with van der Waals surface area (Å²) in [5.74, 6) is 0.390. The number of nitrogens with two attached hydrogens (primary N) is 1. The zero-order valence-electron chi connectivity index (χ0n) is 28.8. The Morgan fingerprint density at radius 3 is 2.53 bits per heavy atom. The number of aromatic nitrogens is 4. The molecule has 7 rings (SSSR count). The number of carbonyl (C=O) groups is 1. The van der Waals surface area contributed by atoms with Gasteiger partial charge in [0.2, 0.25) is 0 Å². The van der Waals surface area contributed by atoms with E-state index in [1.165, 1.54) is 24.5 Å². The van der Waals surface area contributed by atoms with Gasteiger partial charge < -0.3 is 25.0 Å². The van der Waals surface area contributed by atoms with Crippen molar-refractivity contribution in [1.82, 2.24) is 29.5 Å². The molecule has 2 N–H and O–H groups in total. The van der Waals surface area contributed by atoms with Crippen molar-refractivity contribution < 1.29 is 36.2 Å². The first-order valence-electron chi connectivity index (χ1n) is 16.7. The maximum absolute atomic E-state index is 13.9. The summed E-state index contributed by atoms with van der Waals surface area (Å²) in [6.45, 7) is 5.04. The first-order chi connectivity index (χ1) is 24.2. The Morgan fingerprint density at radius 2 is 1.86 bits per heavy atom. The lowest BCUT2D eigenvalue weighted by Crippen LogP contribution is -2.29. The maximum atomic E-state index is 13.9. The SMILES string of the molecule is COc1nc2c(c(N3CCCn4nc(C(=O)N(C)C)c(C)c4C3)n1)COC(c1cc(N)cc(Cl)c1C(F)(F)F)C2.FC(F)=C1CC2CCCN2C1. The zero-order valence-corrected chi connectivity index (χ0v) is 29.5. The van der Waals surface area contributed by atoms with E-state index in [4.69, 9.17) is 26.8 Å². The van der Waals surface area contributed by atoms with E-state index in [-0.39, 0.29) is 36.2 Å². The molecule has 6 heterocycles. The number of aryl methyl sites for hydroxylation is 1. The van der Waals surface area contributed by atoms with Crippen molar-refractivity contribution >= 4 is 29.0 Å². The van der Waals surface area contributed by atoms with Gasteiger partial charge in [0, 0.05) is 68.6 Å². The molecule has 0 saturated carbocycles. The van der Waals surface area contributed by atoms with Gasteiger partial charge in [-0.05, 0) is 56.8 Å². The van der Waals surface area contributed by atoms with Gasteiger partial charge in [0.05, 0.1) is 48.3 Å². The summed E-state index contributed by atoms with van der Waals surface area (Å²) < 4.78 is 79.3. The smallest absolute Gasteiger partial charge is 0.418 e. The topological polar surface area (TPSA) is 115 Å². The Balaban J connectivity index is 0.000000344. The Hall–Kier alpha value is -4.02. The van der Waals surface area contributed by atoms with Crippen LogP contribution in [-0.4, -0.2) is 82.3 Å². The number of hydrogen-bond donors (Lipinski definition) is 1. The normalized spacial score (nSPS) is 20.2. The Labute approximate surface area is 297 Å². The van der Waals surface area contributed by atoms with Crippen LogP contribution in [0.4, 0.5) is 33.5 Å². The summed E-state index contributed by atoms with van der Waals surface area (Å²) in [7, 11) is 4.80. The number of nitrogens with zero attached hydrogens (tertiary/aromatic N) is 7. The van der Waals surface area contributed by atoms with E-state index in [1.807, 2.05) is 16.5 Å². The third-order valence-electron chi connectivity index (χ3n) is 9.82. The van der Waals surface area contributed by atoms with Crippen LogP contribution in [0, 0.1) is 6.92 Å². The van der Waals surface area contributed by atoms with Gasteiger partial charge in [-0.3, -0.25) is 14.4 Å². The quantitative estimate of drug-likeness (QED) is 0.248. The van der Waals surface area contributed by atoms with Crippen molar-refractivity contribution in [3.63, 3.8) is 0 Å². The average Bonchev–Trinajstić information content (AvgIpc) is 3.72. The molecule has 276 valence electrons. The van der Waals surface area contributed by atoms with Gasteiger partial charge >= 0.3 is 12.2 Å². The van der Waals surface area contributed by atoms with Gasteiger partial charge in [0.1, 0.15) is 5.82 Å². The lowest BCUT2D eigenvalue weighted by molar-refractivity contribution is -0.139. The minimum atomic E-state index is -4.70. The fourth-order valence-corrected chi connectivity index (χ4v) is 7.63. The van der Waals surface area contributed by atoms with E-state index >= 15 is 0 Å². The van der Waals surface area contributed by atoms with Crippen molar-refractivity contribution in [2.24, 2.45) is 0 Å². The molecular weight excluding hydrogens is 699 g/mol. The molecule has 1 amide bonds. The van der Waals surface area contributed by atoms with Crippen molar-refractivity contribution in [2.75, 3.05) is 51.5 Å². The number of benzene rings is 1. The van der Waals surface area contributed by atoms with Gasteiger partial charge in [0.15, 0.2) is 5.69 Å². The highest BCUT2D eigenvalue weighted by molar-refractivity contribution is 6.31. The third kappa shape index (κ3) is 7.49. The summed E-state index contributed by atoms with van der Waals surface area (Å²) in [6.07, 6.45) is -3.45. The van der Waals surface area contributed by atoms with Gasteiger partial charge in [-0.15, -0.1) is 0 Å². The Kier molecular flexibility index (Phi) is 10.5. The van der Waals surface area contributed by atoms with E-state index in [0.29, 0.717) is 67.0 Å². The number of nitrogen functional groups attached to an aromatic ring is 1. The van der Waals surface area contributed by atoms with E-state index in [0.717, 1.165) is 36.7 Å². The number of alkyl halides is 3. The summed E-state index contributed by atoms with van der Waals surface area (Å²) in [6, 6.07) is 2.85. The molecule has 4 aliphatic heterocycles. The standard InChI is InChI=1S/C26H29ClF3N7O3.C8H11F2N/c1-13-19-11-36(6-5-7-37(19)34-22(13)24(38)35(2)3)23-16-12-40-20(10-18(16)32-25(33-23)39-4)15-8-14(31)9-17(27)21(15)26(28,29)30;9-8(10)6-4-7-2-1-3-11(7)5-6/h8-9,20H,5-7,10-12,31H2,1-4H3;7H,1-5H2. The van der Waals surface area contributed by atoms with Crippen LogP contribution >= 0.6 is 11.6 Å². The monoisotopic (exact) mass is 738 g/mol. The highest BCUT2D eigenvalue weighted by Crippen LogP contribution is 2.44. The molecule has 2 aromatic heterocycles. The lowest BCUT2D eigenvalue weighted by atomic mass is 9.94. The van der Waals surface area contributed by atoms with E-state index in [9.17, 15) is 26.7 Å². The largest absolute Gasteiger partial charge is 0.467 e. The first kappa shape index (κ1) is 36.8. The molecule has 2 fully saturated rings. The molecule has 17 heteroatoms. The fraction of sp³-hybridized carbons (Fsp3) is 0.529. The number of methoxy groups -OCH3 is 1. The Morgan fingerprint density at radius 1 is 1.10 bits per heavy atom. The molecule has 4 aliphatic rings. The predicted octanol–water partition coefficient (Wildman–Crippen LogP) is 6.18. The summed E-state index contributed by atoms with van der Waals surface area (Å²) in [4.78, 5) is 27.5. The number of halogens is 6. The van der Waals surface area contributed by atoms with Crippen LogP contribution in [0.5, 0.6) is 6.01 Å². The van der Waals surface area contributed by atoms with Crippen LogP contribution in [0.25, 0.3) is 0 Å². The van der Waals surface area contributed by atoms with Crippen molar-refractivity contribution in [1.29, 1.82) is 0 Å². The fourth-order valence-electron chi connectivity index (χ4n) is 7.29. The molecule has 1 aromatic carbocycles. The number of ether oxygens (including phenoxy) is 2. The van der Waals surface area contributed by atoms with Crippen molar-refractivity contribution in [2.45, 2.75) is 77.0 Å². The van der Waals surface area contributed by atoms with E-state index in [1.54, 1.807) is 14.1 Å². The number of amides is 1. The van der Waals surface area contributed by atoms with Crippen LogP contribution < -0.4 is 15.4 Å². The molecule has 2 atom stereocenters. The second-order valence-electron chi connectivity index (χ2n) is 13.4. The van der Waals surface area contributed by atoms with Gasteiger partial charge in [0.25, 0.3) is 12.0 Å². The second kappa shape index (κ2) is 14.5. The summed E-state index contributed by atoms with van der Waals surface area (Å²) >= 11 is 5.98. The molecule has 51 heavy (non-hydrogen) atoms. The lowest BCUT2D eigenvalue weighted by Gasteiger charge is -2.31. The predicted molar refractivity (Wildman–Crippen MR) is 180 cm³/mol. The average molecular weight is 739 g/mol. The van der Waals surface area contributed by atoms with Gasteiger partial charge in [-0.2, -0.15) is 37.0 Å². The number of anilines is 2. The highest BCUT2D eigenvalue weighted by atomic mass is 35.5. The summed E-state index contributed by atoms with van der Waals surface area (Å²) in [5.41, 5.74) is 8.46. The molecule has 0 spiro atoms. The van der Waals surface area contributed by atoms with Gasteiger partial charge in [-0.25, -0.2) is 0 Å². The van der Waals surface area contributed by atoms with Crippen molar-refractivity contribution in [3.8, 4) is 6.01 Å². The second-order valence-corrected chi connectivity index (χ2v) is 13.8. The number of carbonyl (C=O) groups excluding carboxylic acids is 1. The first-order valence-corrected chi connectivity index (χ1v) is 17.0. The molecular formula is C34H40ClF5N8O3. The van der Waals surface area contributed by atoms with E-state index in [2.05, 4.69) is 20.0 Å². The molecule has 2 unspecified atom stereocenters. The molecule has 0 aliphatic carbocycles. The van der Waals surface area contributed by atoms with Crippen LogP contribution in [0.3, 0.4) is 0 Å². The Bertz CT molecular complexity index is 1830. The molecule has 3 aromatic rings. The van der Waals surface area contributed by atoms with E-state index < -0.39 is 28.9 Å². The van der Waals surface area contributed by atoms with Gasteiger partial charge in [-0.1, -0.05) is 11.6 Å². The number of rotatable bonds is 4. The summed E-state index contributed by atoms with van der Waals surface area (Å²) in [5, 5.41) is 4.09. The minimum absolute atomic E-state index is 0.0256. The zero-order chi connectivity index (χ0) is 36.8. The molecule has 11 nitrogen and oxygen atoms in total. The van der Waals surface area contributed by atoms with Crippen LogP contribution in [0.15, 0.2) is 23.8 Å². The van der Waals surface area contributed by atoms with Crippen LogP contribution in [0.1, 0.15) is 75.9 Å². The third-order valence-corrected chi connectivity index (χ3v) is 10.1. The maximum Gasteiger partial charge on any atom is 0.418 e. The highest BCUT2D eigenvalue weighted by Gasteiger charge is 2.40. The van der Waals surface area contributed by atoms with Crippen LogP contribution in [0.2, 0.25) is 5.02 Å². The molecule has 0 bridgehead atoms. The molecule has 2 saturated heterocycles. The minimum Gasteiger partial charge on any atom is -0.467 e. The van der Waals surface area contributed by atoms with Crippen molar-refractivity contribution in [3.05, 3.63) is 68.1 Å². The number of fused-ring (bicyclic) bond motifs is 3. The molecule has 0 radical (unpaired) electrons. The number of hydrogen-bond acceptors (Lipinski definition) is 9. The van der Waals surface area contributed by atoms with Crippen LogP contribution in [-0.2, 0) is 37.0 Å².